The number of carbonyl (C=O) groups excluding carboxylic acids is 2. The van der Waals surface area contributed by atoms with E-state index in [0.717, 1.165) is 32.4 Å². The number of carbonyl (C=O) groups is 2. The van der Waals surface area contributed by atoms with Gasteiger partial charge in [0.05, 0.1) is 6.54 Å². The molecule has 0 bridgehead atoms. The van der Waals surface area contributed by atoms with Gasteiger partial charge in [-0.1, -0.05) is 0 Å². The molecule has 2 aliphatic rings. The summed E-state index contributed by atoms with van der Waals surface area (Å²) in [4.78, 5) is 24.9. The van der Waals surface area contributed by atoms with Crippen LogP contribution in [-0.4, -0.2) is 55.6 Å². The van der Waals surface area contributed by atoms with E-state index in [2.05, 4.69) is 16.0 Å². The SMILES string of the molecule is CN(CC(=O)NC(=O)NC1CC1)C1CCNC1. The van der Waals surface area contributed by atoms with Gasteiger partial charge in [-0.05, 0) is 32.9 Å². The zero-order valence-corrected chi connectivity index (χ0v) is 10.2. The molecule has 0 spiro atoms. The third-order valence-electron chi connectivity index (χ3n) is 3.22. The van der Waals surface area contributed by atoms with Crippen molar-refractivity contribution in [2.75, 3.05) is 26.7 Å². The number of amides is 3. The lowest BCUT2D eigenvalue weighted by Crippen LogP contribution is -2.46. The Morgan fingerprint density at radius 2 is 2.12 bits per heavy atom. The molecule has 1 aliphatic carbocycles. The summed E-state index contributed by atoms with van der Waals surface area (Å²) in [6.45, 7) is 2.18. The minimum absolute atomic E-state index is 0.238. The van der Waals surface area contributed by atoms with Crippen LogP contribution in [0.15, 0.2) is 0 Å². The number of rotatable bonds is 4. The zero-order chi connectivity index (χ0) is 12.3. The van der Waals surface area contributed by atoms with Crippen molar-refractivity contribution < 1.29 is 9.59 Å². The summed E-state index contributed by atoms with van der Waals surface area (Å²) in [6.07, 6.45) is 3.10. The van der Waals surface area contributed by atoms with E-state index in [0.29, 0.717) is 6.04 Å². The topological polar surface area (TPSA) is 73.5 Å². The maximum absolute atomic E-state index is 11.6. The Bertz CT molecular complexity index is 298. The van der Waals surface area contributed by atoms with Crippen LogP contribution < -0.4 is 16.0 Å². The predicted molar refractivity (Wildman–Crippen MR) is 63.6 cm³/mol. The fourth-order valence-corrected chi connectivity index (χ4v) is 1.99. The standard InChI is InChI=1S/C11H20N4O2/c1-15(9-4-5-12-6-9)7-10(16)14-11(17)13-8-2-3-8/h8-9,12H,2-7H2,1H3,(H2,13,14,16,17). The third-order valence-corrected chi connectivity index (χ3v) is 3.22. The van der Waals surface area contributed by atoms with Gasteiger partial charge in [-0.2, -0.15) is 0 Å². The normalized spacial score (nSPS) is 23.8. The monoisotopic (exact) mass is 240 g/mol. The van der Waals surface area contributed by atoms with Crippen LogP contribution >= 0.6 is 0 Å². The van der Waals surface area contributed by atoms with Crippen molar-refractivity contribution in [3.05, 3.63) is 0 Å². The molecule has 0 aromatic carbocycles. The van der Waals surface area contributed by atoms with E-state index in [9.17, 15) is 9.59 Å². The van der Waals surface area contributed by atoms with Gasteiger partial charge in [0.1, 0.15) is 0 Å². The molecule has 96 valence electrons. The number of nitrogens with zero attached hydrogens (tertiary/aromatic N) is 1. The third kappa shape index (κ3) is 3.98. The van der Waals surface area contributed by atoms with E-state index in [-0.39, 0.29) is 24.5 Å². The molecule has 2 fully saturated rings. The second-order valence-electron chi connectivity index (χ2n) is 4.86. The maximum Gasteiger partial charge on any atom is 0.321 e. The van der Waals surface area contributed by atoms with Crippen molar-refractivity contribution in [2.24, 2.45) is 0 Å². The Morgan fingerprint density at radius 1 is 1.35 bits per heavy atom. The van der Waals surface area contributed by atoms with Gasteiger partial charge in [-0.3, -0.25) is 15.0 Å². The molecule has 3 N–H and O–H groups in total. The van der Waals surface area contributed by atoms with Gasteiger partial charge in [0.15, 0.2) is 0 Å². The molecule has 1 saturated heterocycles. The molecule has 17 heavy (non-hydrogen) atoms. The Labute approximate surface area is 101 Å². The number of urea groups is 1. The molecule has 1 atom stereocenters. The van der Waals surface area contributed by atoms with E-state index < -0.39 is 0 Å². The van der Waals surface area contributed by atoms with Crippen LogP contribution in [0.3, 0.4) is 0 Å². The van der Waals surface area contributed by atoms with E-state index in [4.69, 9.17) is 0 Å². The first-order valence-electron chi connectivity index (χ1n) is 6.16. The summed E-state index contributed by atoms with van der Waals surface area (Å²) in [5.74, 6) is -0.238. The highest BCUT2D eigenvalue weighted by atomic mass is 16.2. The molecule has 1 aliphatic heterocycles. The van der Waals surface area contributed by atoms with Gasteiger partial charge < -0.3 is 10.6 Å². The molecule has 2 rings (SSSR count). The van der Waals surface area contributed by atoms with Crippen LogP contribution in [0, 0.1) is 0 Å². The van der Waals surface area contributed by atoms with Crippen molar-refractivity contribution in [3.8, 4) is 0 Å². The second kappa shape index (κ2) is 5.46. The van der Waals surface area contributed by atoms with Gasteiger partial charge in [0, 0.05) is 18.6 Å². The lowest BCUT2D eigenvalue weighted by Gasteiger charge is -2.22. The quantitative estimate of drug-likeness (QED) is 0.605. The van der Waals surface area contributed by atoms with Gasteiger partial charge in [0.25, 0.3) is 0 Å². The minimum atomic E-state index is -0.365. The number of hydrogen-bond donors (Lipinski definition) is 3. The Kier molecular flexibility index (Phi) is 3.96. The van der Waals surface area contributed by atoms with Gasteiger partial charge in [-0.15, -0.1) is 0 Å². The Hall–Kier alpha value is -1.14. The zero-order valence-electron chi connectivity index (χ0n) is 10.2. The molecule has 0 aromatic rings. The van der Waals surface area contributed by atoms with Gasteiger partial charge in [0.2, 0.25) is 5.91 Å². The predicted octanol–water partition coefficient (Wildman–Crippen LogP) is -0.732. The molecular weight excluding hydrogens is 220 g/mol. The smallest absolute Gasteiger partial charge is 0.321 e. The number of hydrogen-bond acceptors (Lipinski definition) is 4. The Morgan fingerprint density at radius 3 is 2.71 bits per heavy atom. The lowest BCUT2D eigenvalue weighted by atomic mass is 10.2. The number of imide groups is 1. The molecular formula is C11H20N4O2. The first-order valence-corrected chi connectivity index (χ1v) is 6.16. The van der Waals surface area contributed by atoms with Crippen LogP contribution in [0.5, 0.6) is 0 Å². The highest BCUT2D eigenvalue weighted by molar-refractivity contribution is 5.95. The molecule has 1 saturated carbocycles. The lowest BCUT2D eigenvalue weighted by molar-refractivity contribution is -0.121. The minimum Gasteiger partial charge on any atom is -0.335 e. The average molecular weight is 240 g/mol. The van der Waals surface area contributed by atoms with E-state index in [1.54, 1.807) is 0 Å². The summed E-state index contributed by atoms with van der Waals surface area (Å²) < 4.78 is 0. The largest absolute Gasteiger partial charge is 0.335 e. The fourth-order valence-electron chi connectivity index (χ4n) is 1.99. The van der Waals surface area contributed by atoms with E-state index in [1.807, 2.05) is 11.9 Å². The van der Waals surface area contributed by atoms with Crippen molar-refractivity contribution in [2.45, 2.75) is 31.3 Å². The van der Waals surface area contributed by atoms with Gasteiger partial charge >= 0.3 is 6.03 Å². The summed E-state index contributed by atoms with van der Waals surface area (Å²) in [6, 6.07) is 0.308. The van der Waals surface area contributed by atoms with Crippen LogP contribution in [-0.2, 0) is 4.79 Å². The molecule has 0 aromatic heterocycles. The molecule has 6 heteroatoms. The summed E-state index contributed by atoms with van der Waals surface area (Å²) >= 11 is 0. The highest BCUT2D eigenvalue weighted by Crippen LogP contribution is 2.18. The van der Waals surface area contributed by atoms with Crippen LogP contribution in [0.4, 0.5) is 4.79 Å². The fraction of sp³-hybridized carbons (Fsp3) is 0.818. The first-order chi connectivity index (χ1) is 8.15. The van der Waals surface area contributed by atoms with Gasteiger partial charge in [-0.25, -0.2) is 4.79 Å². The molecule has 6 nitrogen and oxygen atoms in total. The average Bonchev–Trinajstić information content (AvgIpc) is 2.90. The van der Waals surface area contributed by atoms with Crippen molar-refractivity contribution >= 4 is 11.9 Å². The number of nitrogens with one attached hydrogen (secondary N) is 3. The summed E-state index contributed by atoms with van der Waals surface area (Å²) in [5, 5.41) is 8.33. The maximum atomic E-state index is 11.6. The van der Waals surface area contributed by atoms with Crippen molar-refractivity contribution in [1.29, 1.82) is 0 Å². The molecule has 1 heterocycles. The Balaban J connectivity index is 1.66. The van der Waals surface area contributed by atoms with Crippen LogP contribution in [0.25, 0.3) is 0 Å². The number of likely N-dealkylation sites (N-methyl/N-ethyl adjacent to an activating group) is 1. The molecule has 3 amide bonds. The van der Waals surface area contributed by atoms with E-state index >= 15 is 0 Å². The summed E-state index contributed by atoms with van der Waals surface area (Å²) in [7, 11) is 1.91. The first kappa shape index (κ1) is 12.3. The van der Waals surface area contributed by atoms with Crippen molar-refractivity contribution in [3.63, 3.8) is 0 Å². The van der Waals surface area contributed by atoms with E-state index in [1.165, 1.54) is 0 Å². The molecule has 0 radical (unpaired) electrons. The summed E-state index contributed by atoms with van der Waals surface area (Å²) in [5.41, 5.74) is 0. The van der Waals surface area contributed by atoms with Crippen LogP contribution in [0.2, 0.25) is 0 Å². The van der Waals surface area contributed by atoms with Crippen molar-refractivity contribution in [1.82, 2.24) is 20.9 Å². The van der Waals surface area contributed by atoms with Crippen LogP contribution in [0.1, 0.15) is 19.3 Å². The molecule has 1 unspecified atom stereocenters. The highest BCUT2D eigenvalue weighted by Gasteiger charge is 2.25. The second-order valence-corrected chi connectivity index (χ2v) is 4.86.